The van der Waals surface area contributed by atoms with E-state index in [0.29, 0.717) is 5.56 Å². The second-order valence-electron chi connectivity index (χ2n) is 4.73. The van der Waals surface area contributed by atoms with Gasteiger partial charge in [0.25, 0.3) is 0 Å². The summed E-state index contributed by atoms with van der Waals surface area (Å²) < 4.78 is 37.7. The number of rotatable bonds is 4. The summed E-state index contributed by atoms with van der Waals surface area (Å²) in [5.41, 5.74) is 1.38. The van der Waals surface area contributed by atoms with E-state index in [9.17, 15) is 13.2 Å². The summed E-state index contributed by atoms with van der Waals surface area (Å²) in [6, 6.07) is 6.81. The highest BCUT2D eigenvalue weighted by Gasteiger charge is 2.31. The topological polar surface area (TPSA) is 23.5 Å². The van der Waals surface area contributed by atoms with Gasteiger partial charge in [-0.05, 0) is 25.5 Å². The van der Waals surface area contributed by atoms with Crippen molar-refractivity contribution in [3.05, 3.63) is 35.4 Å². The lowest BCUT2D eigenvalue weighted by Gasteiger charge is -2.27. The Morgan fingerprint density at radius 1 is 1.25 bits per heavy atom. The first-order valence-corrected chi connectivity index (χ1v) is 6.32. The summed E-state index contributed by atoms with van der Waals surface area (Å²) >= 11 is 0. The van der Waals surface area contributed by atoms with Crippen LogP contribution in [0.25, 0.3) is 0 Å². The molecule has 0 spiro atoms. The maximum atomic E-state index is 12.6. The third-order valence-electron chi connectivity index (χ3n) is 2.81. The molecular weight excluding hydrogens is 267 g/mol. The van der Waals surface area contributed by atoms with Crippen LogP contribution in [0.5, 0.6) is 0 Å². The lowest BCUT2D eigenvalue weighted by molar-refractivity contribution is -0.150. The second-order valence-corrected chi connectivity index (χ2v) is 4.73. The molecule has 1 aromatic rings. The van der Waals surface area contributed by atoms with Gasteiger partial charge in [-0.3, -0.25) is 4.90 Å². The summed E-state index contributed by atoms with van der Waals surface area (Å²) in [6.07, 6.45) is -4.23. The van der Waals surface area contributed by atoms with Gasteiger partial charge in [0.05, 0.1) is 6.54 Å². The molecule has 0 saturated heterocycles. The van der Waals surface area contributed by atoms with Gasteiger partial charge in [0.1, 0.15) is 6.61 Å². The Morgan fingerprint density at radius 3 is 2.45 bits per heavy atom. The van der Waals surface area contributed by atoms with Crippen molar-refractivity contribution in [2.45, 2.75) is 32.6 Å². The molecule has 0 fully saturated rings. The molecule has 0 aliphatic rings. The maximum Gasteiger partial charge on any atom is 0.401 e. The van der Waals surface area contributed by atoms with E-state index in [2.05, 4.69) is 11.8 Å². The molecule has 0 atom stereocenters. The molecular formula is C15H18F3NO. The van der Waals surface area contributed by atoms with Crippen molar-refractivity contribution in [2.24, 2.45) is 0 Å². The van der Waals surface area contributed by atoms with Gasteiger partial charge in [-0.25, -0.2) is 0 Å². The minimum absolute atomic E-state index is 0.174. The molecule has 20 heavy (non-hydrogen) atoms. The smallest absolute Gasteiger partial charge is 0.384 e. The number of aliphatic hydroxyl groups excluding tert-OH is 1. The van der Waals surface area contributed by atoms with E-state index in [1.54, 1.807) is 38.1 Å². The first-order chi connectivity index (χ1) is 9.33. The van der Waals surface area contributed by atoms with Crippen LogP contribution in [-0.4, -0.2) is 35.4 Å². The van der Waals surface area contributed by atoms with E-state index >= 15 is 0 Å². The van der Waals surface area contributed by atoms with E-state index in [4.69, 9.17) is 5.11 Å². The van der Waals surface area contributed by atoms with Crippen molar-refractivity contribution in [3.63, 3.8) is 0 Å². The largest absolute Gasteiger partial charge is 0.401 e. The van der Waals surface area contributed by atoms with Crippen molar-refractivity contribution in [1.82, 2.24) is 4.90 Å². The summed E-state index contributed by atoms with van der Waals surface area (Å²) in [5.74, 6) is 5.28. The van der Waals surface area contributed by atoms with Gasteiger partial charge >= 0.3 is 6.18 Å². The van der Waals surface area contributed by atoms with Gasteiger partial charge < -0.3 is 5.11 Å². The SMILES string of the molecule is CC(C)N(Cc1ccccc1C#CCO)CC(F)(F)F. The van der Waals surface area contributed by atoms with Crippen LogP contribution in [0.2, 0.25) is 0 Å². The van der Waals surface area contributed by atoms with Crippen molar-refractivity contribution in [2.75, 3.05) is 13.2 Å². The predicted molar refractivity (Wildman–Crippen MR) is 72.0 cm³/mol. The Hall–Kier alpha value is -1.51. The lowest BCUT2D eigenvalue weighted by atomic mass is 10.1. The molecule has 1 N–H and O–H groups in total. The maximum absolute atomic E-state index is 12.6. The van der Waals surface area contributed by atoms with Gasteiger partial charge in [-0.1, -0.05) is 30.0 Å². The minimum Gasteiger partial charge on any atom is -0.384 e. The molecule has 0 aromatic heterocycles. The summed E-state index contributed by atoms with van der Waals surface area (Å²) in [7, 11) is 0. The van der Waals surface area contributed by atoms with E-state index in [-0.39, 0.29) is 19.2 Å². The molecule has 0 aliphatic carbocycles. The Balaban J connectivity index is 2.94. The third-order valence-corrected chi connectivity index (χ3v) is 2.81. The number of alkyl halides is 3. The Labute approximate surface area is 117 Å². The van der Waals surface area contributed by atoms with Crippen LogP contribution < -0.4 is 0 Å². The number of aliphatic hydroxyl groups is 1. The first kappa shape index (κ1) is 16.5. The molecule has 2 nitrogen and oxygen atoms in total. The van der Waals surface area contributed by atoms with Crippen LogP contribution in [-0.2, 0) is 6.54 Å². The van der Waals surface area contributed by atoms with Crippen molar-refractivity contribution in [1.29, 1.82) is 0 Å². The van der Waals surface area contributed by atoms with Crippen molar-refractivity contribution >= 4 is 0 Å². The standard InChI is InChI=1S/C15H18F3NO/c1-12(2)19(11-15(16,17)18)10-14-7-4-3-6-13(14)8-5-9-20/h3-4,6-7,12,20H,9-11H2,1-2H3. The summed E-state index contributed by atoms with van der Waals surface area (Å²) in [4.78, 5) is 1.35. The molecule has 0 saturated carbocycles. The molecule has 0 amide bonds. The Morgan fingerprint density at radius 2 is 1.90 bits per heavy atom. The normalized spacial score (nSPS) is 11.6. The first-order valence-electron chi connectivity index (χ1n) is 6.32. The molecule has 1 rings (SSSR count). The van der Waals surface area contributed by atoms with Gasteiger partial charge in [-0.2, -0.15) is 13.2 Å². The fourth-order valence-corrected chi connectivity index (χ4v) is 1.79. The van der Waals surface area contributed by atoms with E-state index in [1.165, 1.54) is 4.90 Å². The zero-order valence-electron chi connectivity index (χ0n) is 11.5. The number of hydrogen-bond donors (Lipinski definition) is 1. The quantitative estimate of drug-likeness (QED) is 0.860. The highest BCUT2D eigenvalue weighted by molar-refractivity contribution is 5.41. The average Bonchev–Trinajstić information content (AvgIpc) is 2.35. The average molecular weight is 285 g/mol. The second kappa shape index (κ2) is 7.32. The summed E-state index contributed by atoms with van der Waals surface area (Å²) in [6.45, 7) is 2.41. The van der Waals surface area contributed by atoms with Crippen LogP contribution >= 0.6 is 0 Å². The fraction of sp³-hybridized carbons (Fsp3) is 0.467. The molecule has 0 heterocycles. The molecule has 0 bridgehead atoms. The van der Waals surface area contributed by atoms with E-state index < -0.39 is 12.7 Å². The predicted octanol–water partition coefficient (Wildman–Crippen LogP) is 2.80. The van der Waals surface area contributed by atoms with Crippen LogP contribution in [0.15, 0.2) is 24.3 Å². The summed E-state index contributed by atoms with van der Waals surface area (Å²) in [5, 5.41) is 8.71. The number of benzene rings is 1. The zero-order chi connectivity index (χ0) is 15.2. The highest BCUT2D eigenvalue weighted by atomic mass is 19.4. The Bertz CT molecular complexity index is 486. The number of halogens is 3. The van der Waals surface area contributed by atoms with E-state index in [1.807, 2.05) is 0 Å². The van der Waals surface area contributed by atoms with Gasteiger partial charge in [0.15, 0.2) is 0 Å². The minimum atomic E-state index is -4.23. The zero-order valence-corrected chi connectivity index (χ0v) is 11.5. The van der Waals surface area contributed by atoms with Gasteiger partial charge in [0.2, 0.25) is 0 Å². The molecule has 0 radical (unpaired) electrons. The third kappa shape index (κ3) is 5.64. The highest BCUT2D eigenvalue weighted by Crippen LogP contribution is 2.21. The monoisotopic (exact) mass is 285 g/mol. The number of hydrogen-bond acceptors (Lipinski definition) is 2. The number of nitrogens with zero attached hydrogens (tertiary/aromatic N) is 1. The van der Waals surface area contributed by atoms with Gasteiger partial charge in [0, 0.05) is 18.2 Å². The molecule has 0 unspecified atom stereocenters. The molecule has 110 valence electrons. The van der Waals surface area contributed by atoms with Crippen LogP contribution in [0, 0.1) is 11.8 Å². The Kier molecular flexibility index (Phi) is 6.05. The van der Waals surface area contributed by atoms with Crippen molar-refractivity contribution in [3.8, 4) is 11.8 Å². The molecule has 1 aromatic carbocycles. The molecule has 5 heteroatoms. The molecule has 0 aliphatic heterocycles. The van der Waals surface area contributed by atoms with Gasteiger partial charge in [-0.15, -0.1) is 0 Å². The van der Waals surface area contributed by atoms with E-state index in [0.717, 1.165) is 5.56 Å². The van der Waals surface area contributed by atoms with Crippen LogP contribution in [0.1, 0.15) is 25.0 Å². The lowest BCUT2D eigenvalue weighted by Crippen LogP contribution is -2.38. The van der Waals surface area contributed by atoms with Crippen LogP contribution in [0.4, 0.5) is 13.2 Å². The fourth-order valence-electron chi connectivity index (χ4n) is 1.79. The van der Waals surface area contributed by atoms with Crippen LogP contribution in [0.3, 0.4) is 0 Å². The van der Waals surface area contributed by atoms with Crippen molar-refractivity contribution < 1.29 is 18.3 Å².